The van der Waals surface area contributed by atoms with Crippen molar-refractivity contribution in [1.82, 2.24) is 4.98 Å². The molecule has 18 heavy (non-hydrogen) atoms. The van der Waals surface area contributed by atoms with Crippen molar-refractivity contribution in [2.75, 3.05) is 0 Å². The van der Waals surface area contributed by atoms with Gasteiger partial charge in [-0.3, -0.25) is 4.98 Å². The average molecular weight is 242 g/mol. The van der Waals surface area contributed by atoms with E-state index in [-0.39, 0.29) is 5.54 Å². The second-order valence-corrected chi connectivity index (χ2v) is 6.83. The minimum absolute atomic E-state index is 0.0809. The first-order chi connectivity index (χ1) is 8.76. The molecule has 3 fully saturated rings. The second-order valence-electron chi connectivity index (χ2n) is 6.83. The van der Waals surface area contributed by atoms with E-state index in [1.807, 2.05) is 12.4 Å². The van der Waals surface area contributed by atoms with Gasteiger partial charge in [0.2, 0.25) is 0 Å². The molecule has 0 spiro atoms. The van der Waals surface area contributed by atoms with Crippen LogP contribution >= 0.6 is 0 Å². The zero-order valence-corrected chi connectivity index (χ0v) is 10.9. The molecule has 0 amide bonds. The summed E-state index contributed by atoms with van der Waals surface area (Å²) in [6, 6.07) is 4.26. The molecule has 0 aliphatic heterocycles. The number of nitrogens with zero attached hydrogens (tertiary/aromatic N) is 1. The van der Waals surface area contributed by atoms with Crippen molar-refractivity contribution in [3.63, 3.8) is 0 Å². The Morgan fingerprint density at radius 3 is 2.83 bits per heavy atom. The van der Waals surface area contributed by atoms with Crippen molar-refractivity contribution in [3.05, 3.63) is 30.1 Å². The van der Waals surface area contributed by atoms with Gasteiger partial charge in [-0.2, -0.15) is 0 Å². The quantitative estimate of drug-likeness (QED) is 0.866. The van der Waals surface area contributed by atoms with Crippen molar-refractivity contribution in [2.45, 2.75) is 44.1 Å². The van der Waals surface area contributed by atoms with E-state index in [9.17, 15) is 0 Å². The molecule has 4 rings (SSSR count). The number of hydrogen-bond acceptors (Lipinski definition) is 2. The summed E-state index contributed by atoms with van der Waals surface area (Å²) >= 11 is 0. The fourth-order valence-electron chi connectivity index (χ4n) is 5.40. The third kappa shape index (κ3) is 1.48. The Morgan fingerprint density at radius 2 is 2.00 bits per heavy atom. The summed E-state index contributed by atoms with van der Waals surface area (Å²) in [4.78, 5) is 4.10. The minimum Gasteiger partial charge on any atom is -0.325 e. The monoisotopic (exact) mass is 242 g/mol. The zero-order valence-electron chi connectivity index (χ0n) is 10.9. The van der Waals surface area contributed by atoms with E-state index in [1.165, 1.54) is 37.7 Å². The normalized spacial score (nSPS) is 45.4. The van der Waals surface area contributed by atoms with E-state index in [0.29, 0.717) is 0 Å². The molecule has 0 saturated heterocycles. The fourth-order valence-corrected chi connectivity index (χ4v) is 5.40. The lowest BCUT2D eigenvalue weighted by molar-refractivity contribution is 0.156. The van der Waals surface area contributed by atoms with Gasteiger partial charge in [0.1, 0.15) is 0 Å². The van der Waals surface area contributed by atoms with Crippen LogP contribution in [0.2, 0.25) is 0 Å². The highest BCUT2D eigenvalue weighted by Gasteiger charge is 2.58. The molecule has 5 unspecified atom stereocenters. The molecule has 3 aliphatic carbocycles. The third-order valence-electron chi connectivity index (χ3n) is 5.97. The van der Waals surface area contributed by atoms with Gasteiger partial charge in [0.15, 0.2) is 0 Å². The van der Waals surface area contributed by atoms with E-state index < -0.39 is 0 Å². The van der Waals surface area contributed by atoms with Gasteiger partial charge in [0.25, 0.3) is 0 Å². The molecule has 2 nitrogen and oxygen atoms in total. The maximum absolute atomic E-state index is 6.81. The molecule has 3 saturated carbocycles. The lowest BCUT2D eigenvalue weighted by Crippen LogP contribution is -2.50. The predicted molar refractivity (Wildman–Crippen MR) is 71.9 cm³/mol. The molecule has 0 radical (unpaired) electrons. The van der Waals surface area contributed by atoms with Gasteiger partial charge < -0.3 is 5.73 Å². The molecule has 0 aromatic carbocycles. The number of pyridine rings is 1. The highest BCUT2D eigenvalue weighted by Crippen LogP contribution is 2.62. The van der Waals surface area contributed by atoms with Gasteiger partial charge in [-0.1, -0.05) is 6.42 Å². The minimum atomic E-state index is 0.0809. The van der Waals surface area contributed by atoms with Crippen molar-refractivity contribution in [1.29, 1.82) is 0 Å². The Balaban J connectivity index is 1.58. The summed E-state index contributed by atoms with van der Waals surface area (Å²) in [5.74, 6) is 3.72. The van der Waals surface area contributed by atoms with E-state index in [2.05, 4.69) is 17.1 Å². The van der Waals surface area contributed by atoms with Gasteiger partial charge in [-0.25, -0.2) is 0 Å². The first-order valence-electron chi connectivity index (χ1n) is 7.44. The summed E-state index contributed by atoms with van der Waals surface area (Å²) in [7, 11) is 0. The lowest BCUT2D eigenvalue weighted by Gasteiger charge is -2.40. The van der Waals surface area contributed by atoms with Crippen molar-refractivity contribution in [2.24, 2.45) is 29.4 Å². The fraction of sp³-hybridized carbons (Fsp3) is 0.688. The van der Waals surface area contributed by atoms with Crippen LogP contribution in [0.1, 0.15) is 37.7 Å². The Hall–Kier alpha value is -0.890. The molecule has 3 aliphatic rings. The van der Waals surface area contributed by atoms with E-state index in [1.54, 1.807) is 0 Å². The van der Waals surface area contributed by atoms with Gasteiger partial charge in [-0.15, -0.1) is 0 Å². The topological polar surface area (TPSA) is 38.9 Å². The first-order valence-corrected chi connectivity index (χ1v) is 7.44. The first kappa shape index (κ1) is 11.0. The highest BCUT2D eigenvalue weighted by atomic mass is 14.8. The van der Waals surface area contributed by atoms with Crippen LogP contribution in [0.3, 0.4) is 0 Å². The standard InChI is InChI=1S/C16H22N2/c17-16(9-11-4-6-18-7-5-11)10-12-8-15(16)14-3-1-2-13(12)14/h4-7,12-15H,1-3,8-10,17H2. The molecule has 2 N–H and O–H groups in total. The zero-order chi connectivity index (χ0) is 12.2. The number of aromatic nitrogens is 1. The third-order valence-corrected chi connectivity index (χ3v) is 5.97. The van der Waals surface area contributed by atoms with Crippen molar-refractivity contribution < 1.29 is 0 Å². The summed E-state index contributed by atoms with van der Waals surface area (Å²) in [5.41, 5.74) is 8.26. The van der Waals surface area contributed by atoms with Crippen LogP contribution in [-0.4, -0.2) is 10.5 Å². The van der Waals surface area contributed by atoms with E-state index in [0.717, 1.165) is 30.1 Å². The summed E-state index contributed by atoms with van der Waals surface area (Å²) in [6.07, 6.45) is 11.9. The van der Waals surface area contributed by atoms with Gasteiger partial charge in [0, 0.05) is 17.9 Å². The Kier molecular flexibility index (Phi) is 2.32. The predicted octanol–water partition coefficient (Wildman–Crippen LogP) is 2.78. The van der Waals surface area contributed by atoms with Crippen LogP contribution in [-0.2, 0) is 6.42 Å². The van der Waals surface area contributed by atoms with Crippen LogP contribution < -0.4 is 5.73 Å². The second kappa shape index (κ2) is 3.80. The molecule has 1 aromatic rings. The van der Waals surface area contributed by atoms with Crippen LogP contribution in [0.25, 0.3) is 0 Å². The maximum atomic E-state index is 6.81. The lowest BCUT2D eigenvalue weighted by atomic mass is 9.69. The van der Waals surface area contributed by atoms with E-state index in [4.69, 9.17) is 5.73 Å². The number of nitrogens with two attached hydrogens (primary N) is 1. The van der Waals surface area contributed by atoms with Crippen LogP contribution in [0.4, 0.5) is 0 Å². The van der Waals surface area contributed by atoms with Crippen LogP contribution in [0.5, 0.6) is 0 Å². The molecule has 1 heterocycles. The molecule has 96 valence electrons. The van der Waals surface area contributed by atoms with Gasteiger partial charge in [-0.05, 0) is 73.5 Å². The van der Waals surface area contributed by atoms with Crippen LogP contribution in [0.15, 0.2) is 24.5 Å². The molecular formula is C16H22N2. The van der Waals surface area contributed by atoms with Gasteiger partial charge >= 0.3 is 0 Å². The average Bonchev–Trinajstić information content (AvgIpc) is 3.00. The highest BCUT2D eigenvalue weighted by molar-refractivity contribution is 5.20. The van der Waals surface area contributed by atoms with Gasteiger partial charge in [0.05, 0.1) is 0 Å². The van der Waals surface area contributed by atoms with Crippen LogP contribution in [0, 0.1) is 23.7 Å². The van der Waals surface area contributed by atoms with Crippen molar-refractivity contribution >= 4 is 0 Å². The summed E-state index contributed by atoms with van der Waals surface area (Å²) in [6.45, 7) is 0. The Morgan fingerprint density at radius 1 is 1.22 bits per heavy atom. The molecule has 1 aromatic heterocycles. The molecule has 5 atom stereocenters. The number of fused-ring (bicyclic) bond motifs is 5. The maximum Gasteiger partial charge on any atom is 0.0270 e. The summed E-state index contributed by atoms with van der Waals surface area (Å²) in [5, 5.41) is 0. The Labute approximate surface area is 109 Å². The number of hydrogen-bond donors (Lipinski definition) is 1. The summed E-state index contributed by atoms with van der Waals surface area (Å²) < 4.78 is 0. The molecular weight excluding hydrogens is 220 g/mol. The van der Waals surface area contributed by atoms with Crippen molar-refractivity contribution in [3.8, 4) is 0 Å². The SMILES string of the molecule is NC1(Cc2ccncc2)CC2CC1C1CCCC21. The molecule has 2 heteroatoms. The molecule has 2 bridgehead atoms. The smallest absolute Gasteiger partial charge is 0.0270 e. The number of rotatable bonds is 2. The Bertz CT molecular complexity index is 444. The van der Waals surface area contributed by atoms with E-state index >= 15 is 0 Å². The largest absolute Gasteiger partial charge is 0.325 e.